The summed E-state index contributed by atoms with van der Waals surface area (Å²) in [5.74, 6) is 0. The van der Waals surface area contributed by atoms with E-state index in [4.69, 9.17) is 0 Å². The van der Waals surface area contributed by atoms with E-state index in [-0.39, 0.29) is 0 Å². The van der Waals surface area contributed by atoms with E-state index in [0.717, 1.165) is 6.16 Å². The van der Waals surface area contributed by atoms with Crippen molar-refractivity contribution in [1.29, 1.82) is 0 Å². The maximum absolute atomic E-state index is 3.33. The molecule has 0 saturated heterocycles. The van der Waals surface area contributed by atoms with Crippen molar-refractivity contribution in [2.45, 2.75) is 19.8 Å². The van der Waals surface area contributed by atoms with E-state index in [1.807, 2.05) is 0 Å². The summed E-state index contributed by atoms with van der Waals surface area (Å²) in [7, 11) is 3.33. The fourth-order valence-corrected chi connectivity index (χ4v) is 0.535. The Morgan fingerprint density at radius 2 is 2.14 bits per heavy atom. The molecule has 0 atom stereocenters. The first-order valence-corrected chi connectivity index (χ1v) is 3.42. The predicted octanol–water partition coefficient (Wildman–Crippen LogP) is 2.49. The van der Waals surface area contributed by atoms with Crippen LogP contribution >= 0.6 is 9.24 Å². The zero-order valence-corrected chi connectivity index (χ0v) is 5.78. The Morgan fingerprint density at radius 1 is 1.43 bits per heavy atom. The van der Waals surface area contributed by atoms with E-state index in [2.05, 4.69) is 28.3 Å². The lowest BCUT2D eigenvalue weighted by atomic mass is 10.3. The molecule has 0 N–H and O–H groups in total. The van der Waals surface area contributed by atoms with Gasteiger partial charge >= 0.3 is 0 Å². The van der Waals surface area contributed by atoms with Crippen LogP contribution in [0, 0.1) is 0 Å². The second-order valence-electron chi connectivity index (χ2n) is 1.46. The van der Waals surface area contributed by atoms with Gasteiger partial charge in [-0.05, 0) is 12.6 Å². The molecule has 0 aliphatic carbocycles. The molecule has 0 rings (SSSR count). The summed E-state index contributed by atoms with van der Waals surface area (Å²) in [5.41, 5.74) is 0. The van der Waals surface area contributed by atoms with Crippen LogP contribution in [0.4, 0.5) is 0 Å². The van der Waals surface area contributed by atoms with Crippen LogP contribution in [0.15, 0.2) is 12.2 Å². The third-order valence-corrected chi connectivity index (χ3v) is 0.976. The van der Waals surface area contributed by atoms with Gasteiger partial charge in [-0.25, -0.2) is 0 Å². The summed E-state index contributed by atoms with van der Waals surface area (Å²) < 4.78 is 0. The largest absolute Gasteiger partial charge is 0.0951 e. The molecule has 41 valence electrons. The highest BCUT2D eigenvalue weighted by atomic mass is 31.0. The van der Waals surface area contributed by atoms with E-state index in [0.29, 0.717) is 0 Å². The first kappa shape index (κ1) is 7.17. The van der Waals surface area contributed by atoms with Crippen molar-refractivity contribution in [3.8, 4) is 0 Å². The zero-order valence-electron chi connectivity index (χ0n) is 4.78. The lowest BCUT2D eigenvalue weighted by molar-refractivity contribution is 0.957. The van der Waals surface area contributed by atoms with Crippen LogP contribution in [0.25, 0.3) is 0 Å². The maximum atomic E-state index is 3.33. The second kappa shape index (κ2) is 6.17. The molecule has 0 aromatic carbocycles. The van der Waals surface area contributed by atoms with Gasteiger partial charge in [-0.15, -0.1) is 0 Å². The summed E-state index contributed by atoms with van der Waals surface area (Å²) in [6.45, 7) is 2.18. The van der Waals surface area contributed by atoms with Crippen molar-refractivity contribution < 1.29 is 0 Å². The fraction of sp³-hybridized carbons (Fsp3) is 0.667. The molecule has 0 heterocycles. The highest BCUT2D eigenvalue weighted by Crippen LogP contribution is 1.89. The number of hydrogen-bond acceptors (Lipinski definition) is 0. The van der Waals surface area contributed by atoms with Gasteiger partial charge in [0.25, 0.3) is 0 Å². The Hall–Kier alpha value is 0.170. The van der Waals surface area contributed by atoms with E-state index in [9.17, 15) is 0 Å². The summed E-state index contributed by atoms with van der Waals surface area (Å²) in [6, 6.07) is 0. The molecule has 0 aromatic heterocycles. The second-order valence-corrected chi connectivity index (χ2v) is 1.87. The van der Waals surface area contributed by atoms with Crippen molar-refractivity contribution in [3.05, 3.63) is 12.2 Å². The SMILES string of the molecule is CCC/C=C/C[PH]. The minimum absolute atomic E-state index is 0.986. The number of allylic oxidation sites excluding steroid dienone is 2. The standard InChI is InChI=1S/C6H12P/c1-2-3-4-5-6-7/h4-5,7H,2-3,6H2,1H3/b5-4+. The molecule has 0 nitrogen and oxygen atoms in total. The van der Waals surface area contributed by atoms with Gasteiger partial charge in [0.15, 0.2) is 0 Å². The van der Waals surface area contributed by atoms with Crippen LogP contribution in [-0.2, 0) is 0 Å². The number of hydrogen-bond donors (Lipinski definition) is 0. The molecule has 0 bridgehead atoms. The van der Waals surface area contributed by atoms with Gasteiger partial charge < -0.3 is 0 Å². The van der Waals surface area contributed by atoms with Crippen LogP contribution in [0.3, 0.4) is 0 Å². The van der Waals surface area contributed by atoms with Gasteiger partial charge in [0.2, 0.25) is 0 Å². The molecule has 1 radical (unpaired) electrons. The van der Waals surface area contributed by atoms with Gasteiger partial charge in [0, 0.05) is 0 Å². The van der Waals surface area contributed by atoms with Crippen molar-refractivity contribution in [1.82, 2.24) is 0 Å². The summed E-state index contributed by atoms with van der Waals surface area (Å²) in [6.07, 6.45) is 7.76. The molecule has 0 spiro atoms. The molecule has 0 aromatic rings. The van der Waals surface area contributed by atoms with Crippen LogP contribution in [0.2, 0.25) is 0 Å². The molecule has 0 unspecified atom stereocenters. The van der Waals surface area contributed by atoms with E-state index >= 15 is 0 Å². The van der Waals surface area contributed by atoms with Gasteiger partial charge in [-0.3, -0.25) is 0 Å². The molecular formula is C6H12P. The molecular weight excluding hydrogens is 103 g/mol. The van der Waals surface area contributed by atoms with Crippen LogP contribution in [0.5, 0.6) is 0 Å². The third kappa shape index (κ3) is 6.17. The summed E-state index contributed by atoms with van der Waals surface area (Å²) in [4.78, 5) is 0. The molecule has 0 fully saturated rings. The smallest absolute Gasteiger partial charge is 0.0136 e. The Labute approximate surface area is 48.2 Å². The third-order valence-electron chi connectivity index (χ3n) is 0.740. The van der Waals surface area contributed by atoms with Gasteiger partial charge in [-0.1, -0.05) is 34.7 Å². The Bertz CT molecular complexity index is 48.1. The van der Waals surface area contributed by atoms with E-state index < -0.39 is 0 Å². The predicted molar refractivity (Wildman–Crippen MR) is 37.2 cm³/mol. The highest BCUT2D eigenvalue weighted by Gasteiger charge is 1.68. The zero-order chi connectivity index (χ0) is 5.54. The molecule has 0 amide bonds. The van der Waals surface area contributed by atoms with Crippen molar-refractivity contribution in [2.24, 2.45) is 0 Å². The van der Waals surface area contributed by atoms with Crippen LogP contribution in [0.1, 0.15) is 19.8 Å². The lowest BCUT2D eigenvalue weighted by Crippen LogP contribution is -1.61. The first-order valence-electron chi connectivity index (χ1n) is 2.71. The Kier molecular flexibility index (Phi) is 6.32. The average Bonchev–Trinajstić information content (AvgIpc) is 1.69. The Morgan fingerprint density at radius 3 is 2.57 bits per heavy atom. The van der Waals surface area contributed by atoms with E-state index in [1.54, 1.807) is 0 Å². The summed E-state index contributed by atoms with van der Waals surface area (Å²) in [5, 5.41) is 0. The average molecular weight is 115 g/mol. The molecule has 0 aliphatic rings. The topological polar surface area (TPSA) is 0 Å². The quantitative estimate of drug-likeness (QED) is 0.391. The molecule has 7 heavy (non-hydrogen) atoms. The van der Waals surface area contributed by atoms with Gasteiger partial charge in [0.1, 0.15) is 0 Å². The van der Waals surface area contributed by atoms with Crippen molar-refractivity contribution in [3.63, 3.8) is 0 Å². The van der Waals surface area contributed by atoms with Gasteiger partial charge in [-0.2, -0.15) is 0 Å². The van der Waals surface area contributed by atoms with Crippen molar-refractivity contribution in [2.75, 3.05) is 6.16 Å². The van der Waals surface area contributed by atoms with Crippen LogP contribution in [-0.4, -0.2) is 6.16 Å². The van der Waals surface area contributed by atoms with Gasteiger partial charge in [0.05, 0.1) is 0 Å². The molecule has 0 aliphatic heterocycles. The van der Waals surface area contributed by atoms with E-state index in [1.165, 1.54) is 12.8 Å². The minimum atomic E-state index is 0.986. The molecule has 0 saturated carbocycles. The minimum Gasteiger partial charge on any atom is -0.0951 e. The Balaban J connectivity index is 2.78. The number of unbranched alkanes of at least 4 members (excludes halogenated alkanes) is 1. The molecule has 1 heteroatoms. The summed E-state index contributed by atoms with van der Waals surface area (Å²) >= 11 is 0. The normalized spacial score (nSPS) is 10.6. The maximum Gasteiger partial charge on any atom is -0.0136 e. The monoisotopic (exact) mass is 115 g/mol. The first-order chi connectivity index (χ1) is 3.41. The van der Waals surface area contributed by atoms with Crippen LogP contribution < -0.4 is 0 Å². The lowest BCUT2D eigenvalue weighted by Gasteiger charge is -1.79. The fourth-order valence-electron chi connectivity index (χ4n) is 0.368. The number of rotatable bonds is 3. The highest BCUT2D eigenvalue weighted by molar-refractivity contribution is 7.16. The van der Waals surface area contributed by atoms with Crippen molar-refractivity contribution >= 4 is 9.24 Å².